The predicted octanol–water partition coefficient (Wildman–Crippen LogP) is 1.88. The van der Waals surface area contributed by atoms with Crippen LogP contribution in [-0.4, -0.2) is 29.1 Å². The van der Waals surface area contributed by atoms with Crippen LogP contribution in [0.2, 0.25) is 0 Å². The third-order valence-electron chi connectivity index (χ3n) is 2.68. The molecule has 1 unspecified atom stereocenters. The van der Waals surface area contributed by atoms with Gasteiger partial charge in [-0.05, 0) is 42.0 Å². The van der Waals surface area contributed by atoms with Crippen molar-refractivity contribution in [3.05, 3.63) is 29.8 Å². The molecule has 1 aromatic carbocycles. The van der Waals surface area contributed by atoms with Crippen molar-refractivity contribution in [2.75, 3.05) is 18.1 Å². The van der Waals surface area contributed by atoms with Gasteiger partial charge in [-0.25, -0.2) is 0 Å². The lowest BCUT2D eigenvalue weighted by atomic mass is 10.1. The summed E-state index contributed by atoms with van der Waals surface area (Å²) < 4.78 is 0. The van der Waals surface area contributed by atoms with Crippen molar-refractivity contribution in [2.45, 2.75) is 6.42 Å². The minimum atomic E-state index is -0.104. The summed E-state index contributed by atoms with van der Waals surface area (Å²) in [5.74, 6) is 2.97. The number of phenolic OH excluding ortho intramolecular Hbond substituents is 1. The number of nitrogens with one attached hydrogen (secondary N) is 1. The first-order chi connectivity index (χ1) is 7.75. The van der Waals surface area contributed by atoms with Gasteiger partial charge >= 0.3 is 0 Å². The Morgan fingerprint density at radius 3 is 3.12 bits per heavy atom. The average Bonchev–Trinajstić information content (AvgIpc) is 2.78. The van der Waals surface area contributed by atoms with Gasteiger partial charge in [-0.1, -0.05) is 6.07 Å². The number of thioether (sulfide) groups is 1. The molecule has 0 spiro atoms. The summed E-state index contributed by atoms with van der Waals surface area (Å²) >= 11 is 1.94. The maximum atomic E-state index is 11.7. The largest absolute Gasteiger partial charge is 0.508 e. The van der Waals surface area contributed by atoms with Crippen LogP contribution in [0.3, 0.4) is 0 Å². The van der Waals surface area contributed by atoms with Crippen molar-refractivity contribution in [1.82, 2.24) is 5.32 Å². The van der Waals surface area contributed by atoms with Crippen LogP contribution in [0.5, 0.6) is 5.75 Å². The van der Waals surface area contributed by atoms with Crippen LogP contribution in [0.4, 0.5) is 0 Å². The Morgan fingerprint density at radius 2 is 2.44 bits per heavy atom. The molecule has 1 amide bonds. The number of hydrogen-bond donors (Lipinski definition) is 2. The number of carbonyl (C=O) groups excluding carboxylic acids is 1. The molecule has 1 aliphatic heterocycles. The number of amides is 1. The molecule has 3 nitrogen and oxygen atoms in total. The van der Waals surface area contributed by atoms with Gasteiger partial charge in [-0.3, -0.25) is 4.79 Å². The first-order valence-corrected chi connectivity index (χ1v) is 6.56. The number of benzene rings is 1. The summed E-state index contributed by atoms with van der Waals surface area (Å²) in [4.78, 5) is 11.7. The smallest absolute Gasteiger partial charge is 0.251 e. The Hall–Kier alpha value is -1.16. The van der Waals surface area contributed by atoms with Crippen LogP contribution in [0, 0.1) is 5.92 Å². The van der Waals surface area contributed by atoms with E-state index in [0.717, 1.165) is 12.3 Å². The molecule has 0 aliphatic carbocycles. The third-order valence-corrected chi connectivity index (χ3v) is 3.92. The van der Waals surface area contributed by atoms with E-state index in [4.69, 9.17) is 0 Å². The highest BCUT2D eigenvalue weighted by atomic mass is 32.2. The first-order valence-electron chi connectivity index (χ1n) is 5.40. The van der Waals surface area contributed by atoms with Crippen molar-refractivity contribution < 1.29 is 9.90 Å². The van der Waals surface area contributed by atoms with Crippen LogP contribution in [-0.2, 0) is 0 Å². The summed E-state index contributed by atoms with van der Waals surface area (Å²) in [6.07, 6.45) is 1.19. The fourth-order valence-electron chi connectivity index (χ4n) is 1.73. The van der Waals surface area contributed by atoms with Gasteiger partial charge in [0.2, 0.25) is 0 Å². The Bertz CT molecular complexity index is 375. The number of carbonyl (C=O) groups is 1. The Morgan fingerprint density at radius 1 is 1.56 bits per heavy atom. The summed E-state index contributed by atoms with van der Waals surface area (Å²) in [6.45, 7) is 0.738. The van der Waals surface area contributed by atoms with Crippen LogP contribution >= 0.6 is 11.8 Å². The molecule has 1 aromatic rings. The van der Waals surface area contributed by atoms with Crippen LogP contribution in [0.1, 0.15) is 16.8 Å². The molecule has 1 aliphatic rings. The zero-order valence-electron chi connectivity index (χ0n) is 8.98. The zero-order chi connectivity index (χ0) is 11.4. The highest BCUT2D eigenvalue weighted by molar-refractivity contribution is 7.99. The van der Waals surface area contributed by atoms with Crippen molar-refractivity contribution in [2.24, 2.45) is 5.92 Å². The fourth-order valence-corrected chi connectivity index (χ4v) is 3.02. The lowest BCUT2D eigenvalue weighted by Gasteiger charge is -2.10. The molecule has 2 N–H and O–H groups in total. The SMILES string of the molecule is O=C(NCC1CCSC1)c1cccc(O)c1. The molecule has 0 saturated carbocycles. The highest BCUT2D eigenvalue weighted by Gasteiger charge is 2.16. The van der Waals surface area contributed by atoms with Gasteiger partial charge in [0.1, 0.15) is 5.75 Å². The van der Waals surface area contributed by atoms with E-state index in [1.54, 1.807) is 18.2 Å². The fraction of sp³-hybridized carbons (Fsp3) is 0.417. The number of phenols is 1. The maximum absolute atomic E-state index is 11.7. The van der Waals surface area contributed by atoms with E-state index in [0.29, 0.717) is 11.5 Å². The van der Waals surface area contributed by atoms with Gasteiger partial charge in [-0.2, -0.15) is 11.8 Å². The number of hydrogen-bond acceptors (Lipinski definition) is 3. The molecule has 1 atom stereocenters. The molecule has 1 saturated heterocycles. The second kappa shape index (κ2) is 5.25. The van der Waals surface area contributed by atoms with E-state index in [2.05, 4.69) is 5.32 Å². The Labute approximate surface area is 99.2 Å². The summed E-state index contributed by atoms with van der Waals surface area (Å²) in [5.41, 5.74) is 0.519. The molecule has 0 bridgehead atoms. The molecule has 86 valence electrons. The molecular weight excluding hydrogens is 222 g/mol. The first kappa shape index (κ1) is 11.3. The molecular formula is C12H15NO2S. The topological polar surface area (TPSA) is 49.3 Å². The van der Waals surface area contributed by atoms with Crippen LogP contribution in [0.15, 0.2) is 24.3 Å². The molecule has 16 heavy (non-hydrogen) atoms. The van der Waals surface area contributed by atoms with Gasteiger partial charge in [0.25, 0.3) is 5.91 Å². The van der Waals surface area contributed by atoms with Gasteiger partial charge in [0.05, 0.1) is 0 Å². The molecule has 4 heteroatoms. The predicted molar refractivity (Wildman–Crippen MR) is 65.9 cm³/mol. The molecule has 2 rings (SSSR count). The lowest BCUT2D eigenvalue weighted by Crippen LogP contribution is -2.29. The van der Waals surface area contributed by atoms with Gasteiger partial charge in [0, 0.05) is 12.1 Å². The average molecular weight is 237 g/mol. The van der Waals surface area contributed by atoms with Crippen LogP contribution in [0.25, 0.3) is 0 Å². The second-order valence-electron chi connectivity index (χ2n) is 3.99. The zero-order valence-corrected chi connectivity index (χ0v) is 9.80. The molecule has 0 radical (unpaired) electrons. The monoisotopic (exact) mass is 237 g/mol. The standard InChI is InChI=1S/C12H15NO2S/c14-11-3-1-2-10(6-11)12(15)13-7-9-4-5-16-8-9/h1-3,6,9,14H,4-5,7-8H2,(H,13,15). The van der Waals surface area contributed by atoms with Crippen molar-refractivity contribution >= 4 is 17.7 Å². The minimum absolute atomic E-state index is 0.104. The van der Waals surface area contributed by atoms with Crippen molar-refractivity contribution in [1.29, 1.82) is 0 Å². The quantitative estimate of drug-likeness (QED) is 0.844. The Balaban J connectivity index is 1.87. The van der Waals surface area contributed by atoms with Gasteiger partial charge < -0.3 is 10.4 Å². The molecule has 0 aromatic heterocycles. The summed E-state index contributed by atoms with van der Waals surface area (Å²) in [5, 5.41) is 12.2. The minimum Gasteiger partial charge on any atom is -0.508 e. The van der Waals surface area contributed by atoms with Crippen molar-refractivity contribution in [3.8, 4) is 5.75 Å². The van der Waals surface area contributed by atoms with Gasteiger partial charge in [-0.15, -0.1) is 0 Å². The van der Waals surface area contributed by atoms with Crippen LogP contribution < -0.4 is 5.32 Å². The maximum Gasteiger partial charge on any atom is 0.251 e. The number of rotatable bonds is 3. The second-order valence-corrected chi connectivity index (χ2v) is 5.14. The lowest BCUT2D eigenvalue weighted by molar-refractivity contribution is 0.0948. The van der Waals surface area contributed by atoms with E-state index in [9.17, 15) is 9.90 Å². The number of aromatic hydroxyl groups is 1. The van der Waals surface area contributed by atoms with E-state index >= 15 is 0 Å². The summed E-state index contributed by atoms with van der Waals surface area (Å²) in [7, 11) is 0. The normalized spacial score (nSPS) is 19.6. The van der Waals surface area contributed by atoms with Gasteiger partial charge in [0.15, 0.2) is 0 Å². The van der Waals surface area contributed by atoms with E-state index in [1.165, 1.54) is 18.2 Å². The Kier molecular flexibility index (Phi) is 3.72. The van der Waals surface area contributed by atoms with E-state index < -0.39 is 0 Å². The highest BCUT2D eigenvalue weighted by Crippen LogP contribution is 2.22. The van der Waals surface area contributed by atoms with E-state index in [-0.39, 0.29) is 11.7 Å². The van der Waals surface area contributed by atoms with Crippen molar-refractivity contribution in [3.63, 3.8) is 0 Å². The third kappa shape index (κ3) is 2.92. The molecule has 1 fully saturated rings. The molecule has 1 heterocycles. The van der Waals surface area contributed by atoms with E-state index in [1.807, 2.05) is 11.8 Å². The summed E-state index contributed by atoms with van der Waals surface area (Å²) in [6, 6.07) is 6.43.